The van der Waals surface area contributed by atoms with Crippen LogP contribution < -0.4 is 5.32 Å². The first-order chi connectivity index (χ1) is 5.27. The molecule has 0 bridgehead atoms. The van der Waals surface area contributed by atoms with Crippen molar-refractivity contribution in [2.75, 3.05) is 26.7 Å². The Morgan fingerprint density at radius 3 is 3.27 bits per heavy atom. The van der Waals surface area contributed by atoms with Crippen LogP contribution in [0.4, 0.5) is 0 Å². The molecule has 1 amide bonds. The maximum atomic E-state index is 11.2. The smallest absolute Gasteiger partial charge is 0.224 e. The minimum atomic E-state index is 0.265. The number of piperidine rings is 1. The molecule has 0 radical (unpaired) electrons. The summed E-state index contributed by atoms with van der Waals surface area (Å²) >= 11 is 0. The van der Waals surface area contributed by atoms with Gasteiger partial charge in [0.1, 0.15) is 0 Å². The van der Waals surface area contributed by atoms with E-state index >= 15 is 0 Å². The monoisotopic (exact) mass is 154 g/mol. The van der Waals surface area contributed by atoms with Crippen LogP contribution in [0.25, 0.3) is 0 Å². The summed E-state index contributed by atoms with van der Waals surface area (Å²) in [4.78, 5) is 13.5. The molecule has 2 rings (SSSR count). The van der Waals surface area contributed by atoms with Crippen molar-refractivity contribution in [3.8, 4) is 0 Å². The summed E-state index contributed by atoms with van der Waals surface area (Å²) in [5, 5.41) is 2.92. The van der Waals surface area contributed by atoms with Crippen LogP contribution in [-0.4, -0.2) is 37.5 Å². The third kappa shape index (κ3) is 1.13. The predicted molar refractivity (Wildman–Crippen MR) is 42.1 cm³/mol. The fourth-order valence-corrected chi connectivity index (χ4v) is 2.07. The largest absolute Gasteiger partial charge is 0.356 e. The Bertz CT molecular complexity index is 181. The number of amides is 1. The fraction of sp³-hybridized carbons (Fsp3) is 0.875. The number of likely N-dealkylation sites (tertiary alicyclic amines) is 1. The van der Waals surface area contributed by atoms with Gasteiger partial charge in [0.05, 0.1) is 5.92 Å². The zero-order valence-corrected chi connectivity index (χ0v) is 6.84. The van der Waals surface area contributed by atoms with Crippen molar-refractivity contribution in [3.63, 3.8) is 0 Å². The number of rotatable bonds is 0. The first-order valence-electron chi connectivity index (χ1n) is 4.23. The summed E-state index contributed by atoms with van der Waals surface area (Å²) in [6, 6.07) is 0. The summed E-state index contributed by atoms with van der Waals surface area (Å²) < 4.78 is 0. The molecule has 0 aliphatic carbocycles. The van der Waals surface area contributed by atoms with Gasteiger partial charge in [-0.15, -0.1) is 0 Å². The molecule has 0 aromatic rings. The van der Waals surface area contributed by atoms with E-state index in [9.17, 15) is 4.79 Å². The molecule has 2 aliphatic heterocycles. The van der Waals surface area contributed by atoms with Crippen LogP contribution in [0.3, 0.4) is 0 Å². The number of nitrogens with zero attached hydrogens (tertiary/aromatic N) is 1. The minimum absolute atomic E-state index is 0.265. The number of nitrogens with one attached hydrogen (secondary N) is 1. The van der Waals surface area contributed by atoms with E-state index in [0.29, 0.717) is 5.92 Å². The third-order valence-corrected chi connectivity index (χ3v) is 2.83. The van der Waals surface area contributed by atoms with E-state index in [2.05, 4.69) is 17.3 Å². The normalized spacial score (nSPS) is 38.5. The molecule has 3 heteroatoms. The van der Waals surface area contributed by atoms with Gasteiger partial charge in [-0.2, -0.15) is 0 Å². The van der Waals surface area contributed by atoms with Gasteiger partial charge in [0.15, 0.2) is 0 Å². The molecular formula is C8H14N2O. The fourth-order valence-electron chi connectivity index (χ4n) is 2.07. The van der Waals surface area contributed by atoms with Crippen LogP contribution in [0.2, 0.25) is 0 Å². The van der Waals surface area contributed by atoms with Gasteiger partial charge < -0.3 is 10.2 Å². The quantitative estimate of drug-likeness (QED) is 0.519. The number of fused-ring (bicyclic) bond motifs is 1. The second-order valence-electron chi connectivity index (χ2n) is 3.66. The molecular weight excluding hydrogens is 140 g/mol. The lowest BCUT2D eigenvalue weighted by Gasteiger charge is -2.29. The third-order valence-electron chi connectivity index (χ3n) is 2.83. The highest BCUT2D eigenvalue weighted by Crippen LogP contribution is 2.26. The van der Waals surface area contributed by atoms with Crippen molar-refractivity contribution in [1.29, 1.82) is 0 Å². The van der Waals surface area contributed by atoms with E-state index in [1.165, 1.54) is 6.42 Å². The standard InChI is InChI=1S/C8H14N2O/c1-10-3-2-6-4-9-8(11)7(6)5-10/h6-7H,2-5H2,1H3,(H,9,11)/t6-,7+/m0/s1. The van der Waals surface area contributed by atoms with Crippen LogP contribution in [0.15, 0.2) is 0 Å². The van der Waals surface area contributed by atoms with Gasteiger partial charge in [0.25, 0.3) is 0 Å². The Morgan fingerprint density at radius 1 is 1.64 bits per heavy atom. The van der Waals surface area contributed by atoms with Crippen LogP contribution in [-0.2, 0) is 4.79 Å². The molecule has 11 heavy (non-hydrogen) atoms. The molecule has 0 saturated carbocycles. The van der Waals surface area contributed by atoms with Gasteiger partial charge in [0.2, 0.25) is 5.91 Å². The average Bonchev–Trinajstić information content (AvgIpc) is 2.33. The minimum Gasteiger partial charge on any atom is -0.356 e. The summed E-state index contributed by atoms with van der Waals surface area (Å²) in [7, 11) is 2.09. The molecule has 2 fully saturated rings. The average molecular weight is 154 g/mol. The Labute approximate surface area is 66.8 Å². The maximum absolute atomic E-state index is 11.2. The van der Waals surface area contributed by atoms with E-state index in [-0.39, 0.29) is 11.8 Å². The lowest BCUT2D eigenvalue weighted by molar-refractivity contribution is -0.124. The zero-order valence-electron chi connectivity index (χ0n) is 6.84. The van der Waals surface area contributed by atoms with Gasteiger partial charge in [-0.1, -0.05) is 0 Å². The van der Waals surface area contributed by atoms with Crippen LogP contribution in [0.5, 0.6) is 0 Å². The van der Waals surface area contributed by atoms with E-state index in [0.717, 1.165) is 19.6 Å². The summed E-state index contributed by atoms with van der Waals surface area (Å²) in [6.45, 7) is 3.02. The van der Waals surface area contributed by atoms with Gasteiger partial charge >= 0.3 is 0 Å². The van der Waals surface area contributed by atoms with E-state index in [1.54, 1.807) is 0 Å². The maximum Gasteiger partial charge on any atom is 0.224 e. The molecule has 3 nitrogen and oxygen atoms in total. The Balaban J connectivity index is 2.07. The van der Waals surface area contributed by atoms with Gasteiger partial charge in [-0.05, 0) is 25.9 Å². The van der Waals surface area contributed by atoms with Crippen molar-refractivity contribution < 1.29 is 4.79 Å². The van der Waals surface area contributed by atoms with E-state index in [1.807, 2.05) is 0 Å². The molecule has 62 valence electrons. The van der Waals surface area contributed by atoms with Crippen molar-refractivity contribution in [2.45, 2.75) is 6.42 Å². The lowest BCUT2D eigenvalue weighted by atomic mass is 9.89. The van der Waals surface area contributed by atoms with Gasteiger partial charge in [-0.3, -0.25) is 4.79 Å². The molecule has 0 aromatic heterocycles. The number of carbonyl (C=O) groups is 1. The Hall–Kier alpha value is -0.570. The SMILES string of the molecule is CN1CC[C@H]2CNC(=O)[C@@H]2C1. The molecule has 2 saturated heterocycles. The predicted octanol–water partition coefficient (Wildman–Crippen LogP) is -0.316. The highest BCUT2D eigenvalue weighted by Gasteiger charge is 2.37. The number of hydrogen-bond donors (Lipinski definition) is 1. The number of carbonyl (C=O) groups excluding carboxylic acids is 1. The highest BCUT2D eigenvalue weighted by atomic mass is 16.2. The second kappa shape index (κ2) is 2.48. The first-order valence-corrected chi connectivity index (χ1v) is 4.23. The topological polar surface area (TPSA) is 32.3 Å². The molecule has 0 unspecified atom stereocenters. The molecule has 2 aliphatic rings. The summed E-state index contributed by atoms with van der Waals surface area (Å²) in [5.41, 5.74) is 0. The van der Waals surface area contributed by atoms with Crippen LogP contribution in [0.1, 0.15) is 6.42 Å². The molecule has 1 N–H and O–H groups in total. The van der Waals surface area contributed by atoms with Crippen molar-refractivity contribution in [3.05, 3.63) is 0 Å². The van der Waals surface area contributed by atoms with Gasteiger partial charge in [0, 0.05) is 13.1 Å². The van der Waals surface area contributed by atoms with E-state index in [4.69, 9.17) is 0 Å². The number of hydrogen-bond acceptors (Lipinski definition) is 2. The molecule has 2 atom stereocenters. The molecule has 0 aromatic carbocycles. The molecule has 2 heterocycles. The van der Waals surface area contributed by atoms with Crippen molar-refractivity contribution >= 4 is 5.91 Å². The second-order valence-corrected chi connectivity index (χ2v) is 3.66. The summed E-state index contributed by atoms with van der Waals surface area (Å²) in [6.07, 6.45) is 1.18. The van der Waals surface area contributed by atoms with Crippen molar-refractivity contribution in [2.24, 2.45) is 11.8 Å². The molecule has 0 spiro atoms. The highest BCUT2D eigenvalue weighted by molar-refractivity contribution is 5.81. The summed E-state index contributed by atoms with van der Waals surface area (Å²) in [5.74, 6) is 1.17. The first kappa shape index (κ1) is 7.10. The van der Waals surface area contributed by atoms with Crippen molar-refractivity contribution in [1.82, 2.24) is 10.2 Å². The Kier molecular flexibility index (Phi) is 1.60. The van der Waals surface area contributed by atoms with E-state index < -0.39 is 0 Å². The Morgan fingerprint density at radius 2 is 2.45 bits per heavy atom. The lowest BCUT2D eigenvalue weighted by Crippen LogP contribution is -2.38. The van der Waals surface area contributed by atoms with Crippen LogP contribution in [0, 0.1) is 11.8 Å². The van der Waals surface area contributed by atoms with Gasteiger partial charge in [-0.25, -0.2) is 0 Å². The zero-order chi connectivity index (χ0) is 7.84. The van der Waals surface area contributed by atoms with Crippen LogP contribution >= 0.6 is 0 Å².